The molecule has 0 unspecified atom stereocenters. The fourth-order valence-electron chi connectivity index (χ4n) is 2.70. The van der Waals surface area contributed by atoms with Crippen LogP contribution in [0.1, 0.15) is 25.5 Å². The van der Waals surface area contributed by atoms with Gasteiger partial charge in [-0.2, -0.15) is 0 Å². The Morgan fingerprint density at radius 3 is 2.46 bits per heavy atom. The molecule has 0 radical (unpaired) electrons. The predicted molar refractivity (Wildman–Crippen MR) is 100 cm³/mol. The molecule has 0 bridgehead atoms. The lowest BCUT2D eigenvalue weighted by Gasteiger charge is -2.23. The van der Waals surface area contributed by atoms with Gasteiger partial charge in [0.15, 0.2) is 0 Å². The standard InChI is InChI=1S/C19H23N3O4/c1-13(2)19(14-7-5-4-6-8-14)20-12-18(23)21-16-11-15(22(24)25)9-10-17(16)26-3/h4-11,13,19-20H,12H2,1-3H3,(H,21,23)/t19-/m1/s1. The fourth-order valence-corrected chi connectivity index (χ4v) is 2.70. The third-order valence-electron chi connectivity index (χ3n) is 3.98. The highest BCUT2D eigenvalue weighted by molar-refractivity contribution is 5.94. The Labute approximate surface area is 152 Å². The monoisotopic (exact) mass is 357 g/mol. The zero-order valence-electron chi connectivity index (χ0n) is 15.1. The number of nitro groups is 1. The summed E-state index contributed by atoms with van der Waals surface area (Å²) in [6.07, 6.45) is 0. The SMILES string of the molecule is COc1ccc([N+](=O)[O-])cc1NC(=O)CN[C@@H](c1ccccc1)C(C)C. The normalized spacial score (nSPS) is 11.8. The van der Waals surface area contributed by atoms with Crippen LogP contribution in [0.2, 0.25) is 0 Å². The summed E-state index contributed by atoms with van der Waals surface area (Å²) in [4.78, 5) is 22.7. The minimum absolute atomic E-state index is 0.0222. The van der Waals surface area contributed by atoms with Gasteiger partial charge in [-0.25, -0.2) is 0 Å². The number of nitrogens with one attached hydrogen (secondary N) is 2. The van der Waals surface area contributed by atoms with Gasteiger partial charge in [0.1, 0.15) is 5.75 Å². The van der Waals surface area contributed by atoms with Crippen LogP contribution >= 0.6 is 0 Å². The van der Waals surface area contributed by atoms with Gasteiger partial charge in [-0.15, -0.1) is 0 Å². The van der Waals surface area contributed by atoms with Crippen molar-refractivity contribution in [3.05, 3.63) is 64.2 Å². The van der Waals surface area contributed by atoms with Gasteiger partial charge in [0.2, 0.25) is 5.91 Å². The summed E-state index contributed by atoms with van der Waals surface area (Å²) in [6, 6.07) is 14.0. The number of amides is 1. The first-order valence-corrected chi connectivity index (χ1v) is 8.33. The van der Waals surface area contributed by atoms with Gasteiger partial charge in [0.05, 0.1) is 24.3 Å². The summed E-state index contributed by atoms with van der Waals surface area (Å²) >= 11 is 0. The number of hydrogen-bond acceptors (Lipinski definition) is 5. The lowest BCUT2D eigenvalue weighted by atomic mass is 9.96. The average Bonchev–Trinajstić information content (AvgIpc) is 2.62. The summed E-state index contributed by atoms with van der Waals surface area (Å²) in [6.45, 7) is 4.22. The van der Waals surface area contributed by atoms with Crippen LogP contribution in [-0.2, 0) is 4.79 Å². The number of carbonyl (C=O) groups excluding carboxylic acids is 1. The lowest BCUT2D eigenvalue weighted by molar-refractivity contribution is -0.384. The Bertz CT molecular complexity index is 763. The summed E-state index contributed by atoms with van der Waals surface area (Å²) < 4.78 is 5.16. The highest BCUT2D eigenvalue weighted by atomic mass is 16.6. The molecule has 0 saturated carbocycles. The molecule has 0 aliphatic rings. The van der Waals surface area contributed by atoms with E-state index < -0.39 is 4.92 Å². The molecule has 0 spiro atoms. The number of nitro benzene ring substituents is 1. The Hall–Kier alpha value is -2.93. The third-order valence-corrected chi connectivity index (χ3v) is 3.98. The van der Waals surface area contributed by atoms with Crippen LogP contribution < -0.4 is 15.4 Å². The van der Waals surface area contributed by atoms with Crippen LogP contribution in [0.4, 0.5) is 11.4 Å². The zero-order valence-corrected chi connectivity index (χ0v) is 15.1. The molecule has 0 aliphatic carbocycles. The molecule has 2 aromatic carbocycles. The number of nitrogens with zero attached hydrogens (tertiary/aromatic N) is 1. The summed E-state index contributed by atoms with van der Waals surface area (Å²) in [5, 5.41) is 16.8. The number of methoxy groups -OCH3 is 1. The molecule has 1 amide bonds. The van der Waals surface area contributed by atoms with E-state index >= 15 is 0 Å². The van der Waals surface area contributed by atoms with Crippen LogP contribution in [0.25, 0.3) is 0 Å². The number of benzene rings is 2. The molecule has 26 heavy (non-hydrogen) atoms. The number of anilines is 1. The molecule has 7 nitrogen and oxygen atoms in total. The van der Waals surface area contributed by atoms with Gasteiger partial charge >= 0.3 is 0 Å². The Kier molecular flexibility index (Phi) is 6.68. The predicted octanol–water partition coefficient (Wildman–Crippen LogP) is 3.53. The first kappa shape index (κ1) is 19.4. The number of non-ortho nitro benzene ring substituents is 1. The molecule has 138 valence electrons. The smallest absolute Gasteiger partial charge is 0.271 e. The van der Waals surface area contributed by atoms with Crippen molar-refractivity contribution >= 4 is 17.3 Å². The molecule has 0 aromatic heterocycles. The van der Waals surface area contributed by atoms with Crippen LogP contribution in [0.5, 0.6) is 5.75 Å². The van der Waals surface area contributed by atoms with E-state index in [9.17, 15) is 14.9 Å². The quantitative estimate of drug-likeness (QED) is 0.557. The van der Waals surface area contributed by atoms with Gasteiger partial charge in [-0.1, -0.05) is 44.2 Å². The van der Waals surface area contributed by atoms with E-state index in [1.54, 1.807) is 0 Å². The minimum atomic E-state index is -0.516. The molecular weight excluding hydrogens is 334 g/mol. The van der Waals surface area contributed by atoms with Gasteiger partial charge < -0.3 is 15.4 Å². The van der Waals surface area contributed by atoms with Crippen molar-refractivity contribution < 1.29 is 14.5 Å². The van der Waals surface area contributed by atoms with Crippen molar-refractivity contribution in [2.45, 2.75) is 19.9 Å². The molecule has 2 aromatic rings. The van der Waals surface area contributed by atoms with Gasteiger partial charge in [-0.05, 0) is 17.5 Å². The van der Waals surface area contributed by atoms with Crippen molar-refractivity contribution in [2.24, 2.45) is 5.92 Å². The maximum Gasteiger partial charge on any atom is 0.271 e. The molecule has 0 fully saturated rings. The highest BCUT2D eigenvalue weighted by Gasteiger charge is 2.18. The maximum absolute atomic E-state index is 12.3. The van der Waals surface area contributed by atoms with E-state index in [0.717, 1.165) is 5.56 Å². The lowest BCUT2D eigenvalue weighted by Crippen LogP contribution is -2.33. The van der Waals surface area contributed by atoms with E-state index in [0.29, 0.717) is 5.75 Å². The molecular formula is C19H23N3O4. The molecule has 2 N–H and O–H groups in total. The second kappa shape index (κ2) is 8.96. The van der Waals surface area contributed by atoms with Crippen molar-refractivity contribution in [1.29, 1.82) is 0 Å². The van der Waals surface area contributed by atoms with E-state index in [1.165, 1.54) is 25.3 Å². The van der Waals surface area contributed by atoms with E-state index in [4.69, 9.17) is 4.74 Å². The van der Waals surface area contributed by atoms with Crippen LogP contribution in [0.3, 0.4) is 0 Å². The molecule has 0 saturated heterocycles. The number of hydrogen-bond donors (Lipinski definition) is 2. The van der Waals surface area contributed by atoms with Gasteiger partial charge in [0, 0.05) is 18.2 Å². The summed E-state index contributed by atoms with van der Waals surface area (Å²) in [5.41, 5.74) is 1.26. The first-order valence-electron chi connectivity index (χ1n) is 8.33. The van der Waals surface area contributed by atoms with Crippen LogP contribution in [0.15, 0.2) is 48.5 Å². The Morgan fingerprint density at radius 2 is 1.88 bits per heavy atom. The van der Waals surface area contributed by atoms with Gasteiger partial charge in [0.25, 0.3) is 5.69 Å². The van der Waals surface area contributed by atoms with Crippen molar-refractivity contribution in [3.8, 4) is 5.75 Å². The van der Waals surface area contributed by atoms with Crippen molar-refractivity contribution in [2.75, 3.05) is 19.0 Å². The van der Waals surface area contributed by atoms with E-state index in [-0.39, 0.29) is 35.8 Å². The second-order valence-corrected chi connectivity index (χ2v) is 6.20. The molecule has 0 aliphatic heterocycles. The Morgan fingerprint density at radius 1 is 1.19 bits per heavy atom. The van der Waals surface area contributed by atoms with E-state index in [1.807, 2.05) is 30.3 Å². The molecule has 0 heterocycles. The van der Waals surface area contributed by atoms with Crippen LogP contribution in [0, 0.1) is 16.0 Å². The van der Waals surface area contributed by atoms with Crippen LogP contribution in [-0.4, -0.2) is 24.5 Å². The summed E-state index contributed by atoms with van der Waals surface area (Å²) in [7, 11) is 1.44. The Balaban J connectivity index is 2.06. The first-order chi connectivity index (χ1) is 12.4. The largest absolute Gasteiger partial charge is 0.495 e. The maximum atomic E-state index is 12.3. The topological polar surface area (TPSA) is 93.5 Å². The zero-order chi connectivity index (χ0) is 19.1. The van der Waals surface area contributed by atoms with Crippen molar-refractivity contribution in [3.63, 3.8) is 0 Å². The molecule has 1 atom stereocenters. The molecule has 7 heteroatoms. The second-order valence-electron chi connectivity index (χ2n) is 6.20. The number of ether oxygens (including phenoxy) is 1. The fraction of sp³-hybridized carbons (Fsp3) is 0.316. The average molecular weight is 357 g/mol. The van der Waals surface area contributed by atoms with E-state index in [2.05, 4.69) is 24.5 Å². The van der Waals surface area contributed by atoms with Crippen molar-refractivity contribution in [1.82, 2.24) is 5.32 Å². The number of rotatable bonds is 8. The highest BCUT2D eigenvalue weighted by Crippen LogP contribution is 2.29. The molecule has 2 rings (SSSR count). The minimum Gasteiger partial charge on any atom is -0.495 e. The summed E-state index contributed by atoms with van der Waals surface area (Å²) in [5.74, 6) is 0.357. The third kappa shape index (κ3) is 5.03. The van der Waals surface area contributed by atoms with Gasteiger partial charge in [-0.3, -0.25) is 14.9 Å². The number of carbonyl (C=O) groups is 1.